The Hall–Kier alpha value is -0.700. The Bertz CT molecular complexity index is 220. The fourth-order valence-corrected chi connectivity index (χ4v) is 1.25. The quantitative estimate of drug-likeness (QED) is 0.606. The lowest BCUT2D eigenvalue weighted by atomic mass is 10.2. The molecule has 0 saturated carbocycles. The Labute approximate surface area is 106 Å². The molecule has 0 spiro atoms. The Kier molecular flexibility index (Phi) is 8.96. The van der Waals surface area contributed by atoms with Gasteiger partial charge in [-0.1, -0.05) is 0 Å². The zero-order chi connectivity index (χ0) is 13.3. The molecule has 2 atom stereocenters. The highest BCUT2D eigenvalue weighted by Crippen LogP contribution is 1.98. The number of nitrogens with zero attached hydrogens (tertiary/aromatic N) is 4. The van der Waals surface area contributed by atoms with Gasteiger partial charge in [-0.25, -0.2) is 9.98 Å². The third-order valence-electron chi connectivity index (χ3n) is 2.54. The molecule has 0 heterocycles. The van der Waals surface area contributed by atoms with Crippen molar-refractivity contribution in [2.75, 3.05) is 41.3 Å². The summed E-state index contributed by atoms with van der Waals surface area (Å²) in [6.07, 6.45) is 2.11. The molecule has 4 nitrogen and oxygen atoms in total. The van der Waals surface area contributed by atoms with Crippen LogP contribution in [0.2, 0.25) is 0 Å². The molecule has 4 heteroatoms. The van der Waals surface area contributed by atoms with Crippen LogP contribution in [0.4, 0.5) is 0 Å². The first-order chi connectivity index (χ1) is 7.91. The minimum Gasteiger partial charge on any atom is -0.309 e. The highest BCUT2D eigenvalue weighted by atomic mass is 15.1. The van der Waals surface area contributed by atoms with E-state index in [4.69, 9.17) is 0 Å². The molecule has 0 aromatic carbocycles. The average molecular weight is 240 g/mol. The van der Waals surface area contributed by atoms with E-state index in [-0.39, 0.29) is 0 Å². The Morgan fingerprint density at radius 3 is 1.47 bits per heavy atom. The zero-order valence-corrected chi connectivity index (χ0v) is 12.3. The summed E-state index contributed by atoms with van der Waals surface area (Å²) in [5.41, 5.74) is 0. The Balaban J connectivity index is 3.87. The van der Waals surface area contributed by atoms with Crippen molar-refractivity contribution < 1.29 is 0 Å². The Morgan fingerprint density at radius 2 is 1.18 bits per heavy atom. The van der Waals surface area contributed by atoms with Crippen LogP contribution < -0.4 is 0 Å². The molecular weight excluding hydrogens is 212 g/mol. The molecule has 0 radical (unpaired) electrons. The molecule has 0 bridgehead atoms. The predicted molar refractivity (Wildman–Crippen MR) is 75.1 cm³/mol. The highest BCUT2D eigenvalue weighted by Gasteiger charge is 2.00. The molecular formula is C13H28N4. The van der Waals surface area contributed by atoms with Gasteiger partial charge in [-0.15, -0.1) is 0 Å². The molecule has 0 fully saturated rings. The van der Waals surface area contributed by atoms with E-state index in [1.54, 1.807) is 0 Å². The monoisotopic (exact) mass is 240 g/mol. The second-order valence-electron chi connectivity index (χ2n) is 5.24. The van der Waals surface area contributed by atoms with Crippen LogP contribution in [0.1, 0.15) is 26.7 Å². The third-order valence-corrected chi connectivity index (χ3v) is 2.54. The summed E-state index contributed by atoms with van der Waals surface area (Å²) in [5.74, 6) is 0. The maximum absolute atomic E-state index is 4.31. The van der Waals surface area contributed by atoms with Crippen molar-refractivity contribution in [3.05, 3.63) is 0 Å². The zero-order valence-electron chi connectivity index (χ0n) is 12.3. The van der Waals surface area contributed by atoms with Crippen LogP contribution in [-0.4, -0.2) is 69.2 Å². The van der Waals surface area contributed by atoms with Crippen molar-refractivity contribution in [2.24, 2.45) is 9.98 Å². The van der Waals surface area contributed by atoms with Crippen molar-refractivity contribution in [1.82, 2.24) is 9.80 Å². The molecule has 2 unspecified atom stereocenters. The van der Waals surface area contributed by atoms with E-state index in [1.807, 2.05) is 0 Å². The van der Waals surface area contributed by atoms with E-state index in [9.17, 15) is 0 Å². The van der Waals surface area contributed by atoms with E-state index in [1.165, 1.54) is 0 Å². The van der Waals surface area contributed by atoms with Gasteiger partial charge in [-0.05, 0) is 68.0 Å². The van der Waals surface area contributed by atoms with E-state index >= 15 is 0 Å². The van der Waals surface area contributed by atoms with E-state index < -0.39 is 0 Å². The summed E-state index contributed by atoms with van der Waals surface area (Å²) in [6, 6.07) is 3.46. The molecule has 0 aromatic rings. The van der Waals surface area contributed by atoms with E-state index in [2.05, 4.69) is 67.8 Å². The van der Waals surface area contributed by atoms with Crippen LogP contribution >= 0.6 is 0 Å². The van der Waals surface area contributed by atoms with Crippen LogP contribution in [0.3, 0.4) is 0 Å². The minimum absolute atomic E-state index is 0.308. The first-order valence-corrected chi connectivity index (χ1v) is 6.36. The molecule has 0 aliphatic heterocycles. The normalized spacial score (nSPS) is 14.6. The van der Waals surface area contributed by atoms with Crippen molar-refractivity contribution in [3.8, 4) is 0 Å². The second kappa shape index (κ2) is 9.34. The standard InChI is InChI=1S/C13H28N4/c1-12(7-9-16(3)4)14-11-15-13(2)8-10-17(5)6/h12-13H,7-10H2,1-6H3. The van der Waals surface area contributed by atoms with Crippen LogP contribution in [0.5, 0.6) is 0 Å². The van der Waals surface area contributed by atoms with Gasteiger partial charge in [0.2, 0.25) is 0 Å². The first-order valence-electron chi connectivity index (χ1n) is 6.36. The lowest BCUT2D eigenvalue weighted by molar-refractivity contribution is 0.385. The molecule has 0 saturated heterocycles. The third kappa shape index (κ3) is 11.6. The van der Waals surface area contributed by atoms with Crippen LogP contribution in [0, 0.1) is 0 Å². The number of hydrogen-bond acceptors (Lipinski definition) is 4. The lowest BCUT2D eigenvalue weighted by Gasteiger charge is -2.11. The van der Waals surface area contributed by atoms with Gasteiger partial charge in [0, 0.05) is 0 Å². The molecule has 0 aliphatic rings. The maximum atomic E-state index is 4.31. The first kappa shape index (κ1) is 16.3. The number of rotatable bonds is 8. The van der Waals surface area contributed by atoms with Crippen LogP contribution in [0.15, 0.2) is 9.98 Å². The fourth-order valence-electron chi connectivity index (χ4n) is 1.25. The second-order valence-corrected chi connectivity index (χ2v) is 5.24. The average Bonchev–Trinajstić information content (AvgIpc) is 2.23. The molecule has 17 heavy (non-hydrogen) atoms. The van der Waals surface area contributed by atoms with Gasteiger partial charge in [0.15, 0.2) is 0 Å². The lowest BCUT2D eigenvalue weighted by Crippen LogP contribution is -2.17. The summed E-state index contributed by atoms with van der Waals surface area (Å²) >= 11 is 0. The fraction of sp³-hybridized carbons (Fsp3) is 0.923. The van der Waals surface area contributed by atoms with Crippen molar-refractivity contribution >= 4 is 6.01 Å². The van der Waals surface area contributed by atoms with E-state index in [0.717, 1.165) is 25.9 Å². The summed E-state index contributed by atoms with van der Waals surface area (Å²) < 4.78 is 0. The smallest absolute Gasteiger partial charge is 0.0898 e. The van der Waals surface area contributed by atoms with Crippen LogP contribution in [0.25, 0.3) is 0 Å². The van der Waals surface area contributed by atoms with Gasteiger partial charge >= 0.3 is 0 Å². The van der Waals surface area contributed by atoms with Gasteiger partial charge < -0.3 is 9.80 Å². The topological polar surface area (TPSA) is 31.2 Å². The van der Waals surface area contributed by atoms with Gasteiger partial charge in [-0.3, -0.25) is 0 Å². The molecule has 0 rings (SSSR count). The summed E-state index contributed by atoms with van der Waals surface area (Å²) in [4.78, 5) is 13.0. The van der Waals surface area contributed by atoms with Crippen molar-refractivity contribution in [3.63, 3.8) is 0 Å². The van der Waals surface area contributed by atoms with Gasteiger partial charge in [0.25, 0.3) is 0 Å². The summed E-state index contributed by atoms with van der Waals surface area (Å²) in [7, 11) is 8.31. The minimum atomic E-state index is 0.308. The van der Waals surface area contributed by atoms with Gasteiger partial charge in [-0.2, -0.15) is 0 Å². The van der Waals surface area contributed by atoms with Crippen LogP contribution in [-0.2, 0) is 0 Å². The largest absolute Gasteiger partial charge is 0.309 e. The SMILES string of the molecule is CC(CCN(C)C)N=C=NC(C)CCN(C)C. The molecule has 0 amide bonds. The molecule has 0 aromatic heterocycles. The Morgan fingerprint density at radius 1 is 0.824 bits per heavy atom. The number of aliphatic imine (C=N–C) groups is 2. The maximum Gasteiger partial charge on any atom is 0.0898 e. The molecule has 0 N–H and O–H groups in total. The van der Waals surface area contributed by atoms with Gasteiger partial charge in [0.05, 0.1) is 18.1 Å². The predicted octanol–water partition coefficient (Wildman–Crippen LogP) is 1.84. The number of hydrogen-bond donors (Lipinski definition) is 0. The summed E-state index contributed by atoms with van der Waals surface area (Å²) in [5, 5.41) is 0. The highest BCUT2D eigenvalue weighted by molar-refractivity contribution is 5.41. The van der Waals surface area contributed by atoms with Gasteiger partial charge in [0.1, 0.15) is 0 Å². The van der Waals surface area contributed by atoms with E-state index in [0.29, 0.717) is 12.1 Å². The molecule has 0 aliphatic carbocycles. The van der Waals surface area contributed by atoms with Crippen molar-refractivity contribution in [1.29, 1.82) is 0 Å². The molecule has 100 valence electrons. The summed E-state index contributed by atoms with van der Waals surface area (Å²) in [6.45, 7) is 6.33. The van der Waals surface area contributed by atoms with Crippen molar-refractivity contribution in [2.45, 2.75) is 38.8 Å².